The minimum atomic E-state index is -1.16. The first-order chi connectivity index (χ1) is 18.8. The predicted molar refractivity (Wildman–Crippen MR) is 142 cm³/mol. The summed E-state index contributed by atoms with van der Waals surface area (Å²) in [5.74, 6) is -1.82. The van der Waals surface area contributed by atoms with Gasteiger partial charge in [0, 0.05) is 23.2 Å². The average Bonchev–Trinajstić information content (AvgIpc) is 3.25. The lowest BCUT2D eigenvalue weighted by molar-refractivity contribution is -0.384. The lowest BCUT2D eigenvalue weighted by atomic mass is 9.77. The van der Waals surface area contributed by atoms with Crippen LogP contribution in [0.4, 0.5) is 11.4 Å². The molecule has 0 amide bonds. The van der Waals surface area contributed by atoms with Crippen molar-refractivity contribution in [1.82, 2.24) is 0 Å². The Kier molecular flexibility index (Phi) is 6.69. The molecular formula is C29H26N2O8. The molecule has 2 aliphatic heterocycles. The quantitative estimate of drug-likeness (QED) is 0.186. The Labute approximate surface area is 224 Å². The summed E-state index contributed by atoms with van der Waals surface area (Å²) in [6.07, 6.45) is 1.84. The Morgan fingerprint density at radius 2 is 1.54 bits per heavy atom. The van der Waals surface area contributed by atoms with E-state index in [-0.39, 0.29) is 17.1 Å². The zero-order valence-corrected chi connectivity index (χ0v) is 21.7. The molecule has 0 N–H and O–H groups in total. The number of hydrogen-bond acceptors (Lipinski definition) is 9. The molecular weight excluding hydrogens is 504 g/mol. The number of nitrogens with zero attached hydrogens (tertiary/aromatic N) is 2. The molecule has 0 radical (unpaired) electrons. The molecule has 2 aliphatic rings. The Morgan fingerprint density at radius 3 is 2.18 bits per heavy atom. The van der Waals surface area contributed by atoms with E-state index >= 15 is 0 Å². The number of cyclic esters (lactones) is 2. The molecule has 3 aromatic carbocycles. The number of aryl methyl sites for hydroxylation is 1. The molecule has 3 aromatic rings. The van der Waals surface area contributed by atoms with Crippen molar-refractivity contribution in [2.24, 2.45) is 5.92 Å². The first kappa shape index (κ1) is 25.8. The third kappa shape index (κ3) is 4.43. The second kappa shape index (κ2) is 10.1. The molecule has 0 saturated carbocycles. The number of methoxy groups -OCH3 is 3. The summed E-state index contributed by atoms with van der Waals surface area (Å²) >= 11 is 0. The summed E-state index contributed by atoms with van der Waals surface area (Å²) in [5, 5.41) is 12.2. The molecule has 5 rings (SSSR count). The lowest BCUT2D eigenvalue weighted by Crippen LogP contribution is -2.47. The maximum atomic E-state index is 13.3. The number of anilines is 1. The third-order valence-electron chi connectivity index (χ3n) is 7.10. The standard InChI is InChI=1S/C29H26N2O8/c1-16-5-7-17(8-6-16)23-15-21(20-11-9-19(37-3)14-25(20)38-4)26-27(29(33)39-28(26)32)30(23)22-12-10-18(36-2)13-24(22)31(34)35/h5-15,21,26-27H,1-4H3. The van der Waals surface area contributed by atoms with Gasteiger partial charge in [0.2, 0.25) is 0 Å². The predicted octanol–water partition coefficient (Wildman–Crippen LogP) is 4.64. The maximum absolute atomic E-state index is 13.3. The topological polar surface area (TPSA) is 117 Å². The number of fused-ring (bicyclic) bond motifs is 1. The van der Waals surface area contributed by atoms with E-state index in [0.717, 1.165) is 5.56 Å². The highest BCUT2D eigenvalue weighted by atomic mass is 16.6. The van der Waals surface area contributed by atoms with Crippen LogP contribution in [-0.2, 0) is 14.3 Å². The van der Waals surface area contributed by atoms with Crippen molar-refractivity contribution < 1.29 is 33.5 Å². The summed E-state index contributed by atoms with van der Waals surface area (Å²) in [6, 6.07) is 16.0. The summed E-state index contributed by atoms with van der Waals surface area (Å²) in [5.41, 5.74) is 2.73. The second-order valence-electron chi connectivity index (χ2n) is 9.24. The van der Waals surface area contributed by atoms with Crippen LogP contribution < -0.4 is 19.1 Å². The molecule has 2 heterocycles. The van der Waals surface area contributed by atoms with E-state index in [9.17, 15) is 19.7 Å². The summed E-state index contributed by atoms with van der Waals surface area (Å²) in [4.78, 5) is 39.7. The summed E-state index contributed by atoms with van der Waals surface area (Å²) < 4.78 is 21.3. The average molecular weight is 531 g/mol. The van der Waals surface area contributed by atoms with E-state index < -0.39 is 34.7 Å². The fraction of sp³-hybridized carbons (Fsp3) is 0.241. The van der Waals surface area contributed by atoms with Crippen LogP contribution in [0.3, 0.4) is 0 Å². The van der Waals surface area contributed by atoms with E-state index in [4.69, 9.17) is 18.9 Å². The van der Waals surface area contributed by atoms with Gasteiger partial charge in [0.25, 0.3) is 5.69 Å². The van der Waals surface area contributed by atoms with Crippen LogP contribution in [0.2, 0.25) is 0 Å². The smallest absolute Gasteiger partial charge is 0.337 e. The van der Waals surface area contributed by atoms with Gasteiger partial charge in [-0.25, -0.2) is 4.79 Å². The van der Waals surface area contributed by atoms with Gasteiger partial charge in [-0.2, -0.15) is 0 Å². The molecule has 3 unspecified atom stereocenters. The van der Waals surface area contributed by atoms with Crippen LogP contribution in [0.1, 0.15) is 22.6 Å². The number of ether oxygens (including phenoxy) is 4. The van der Waals surface area contributed by atoms with Gasteiger partial charge in [0.05, 0.1) is 38.2 Å². The zero-order chi connectivity index (χ0) is 27.8. The first-order valence-corrected chi connectivity index (χ1v) is 12.1. The highest BCUT2D eigenvalue weighted by Gasteiger charge is 2.56. The Bertz CT molecular complexity index is 1500. The van der Waals surface area contributed by atoms with E-state index in [1.807, 2.05) is 37.3 Å². The molecule has 0 spiro atoms. The van der Waals surface area contributed by atoms with E-state index in [1.54, 1.807) is 24.3 Å². The van der Waals surface area contributed by atoms with Crippen LogP contribution in [0.15, 0.2) is 66.7 Å². The largest absolute Gasteiger partial charge is 0.497 e. The number of carbonyl (C=O) groups is 2. The Hall–Kier alpha value is -4.86. The normalized spacial score (nSPS) is 20.2. The van der Waals surface area contributed by atoms with Crippen molar-refractivity contribution in [2.45, 2.75) is 18.9 Å². The highest BCUT2D eigenvalue weighted by Crippen LogP contribution is 2.50. The van der Waals surface area contributed by atoms with Gasteiger partial charge in [-0.3, -0.25) is 14.9 Å². The van der Waals surface area contributed by atoms with E-state index in [1.165, 1.54) is 38.4 Å². The summed E-state index contributed by atoms with van der Waals surface area (Å²) in [7, 11) is 4.45. The third-order valence-corrected chi connectivity index (χ3v) is 7.10. The molecule has 0 aliphatic carbocycles. The van der Waals surface area contributed by atoms with Crippen molar-refractivity contribution in [1.29, 1.82) is 0 Å². The van der Waals surface area contributed by atoms with Crippen molar-refractivity contribution in [3.8, 4) is 17.2 Å². The van der Waals surface area contributed by atoms with Gasteiger partial charge in [-0.15, -0.1) is 0 Å². The fourth-order valence-corrected chi connectivity index (χ4v) is 5.21. The van der Waals surface area contributed by atoms with Crippen LogP contribution >= 0.6 is 0 Å². The summed E-state index contributed by atoms with van der Waals surface area (Å²) in [6.45, 7) is 1.94. The van der Waals surface area contributed by atoms with E-state index in [0.29, 0.717) is 28.3 Å². The van der Waals surface area contributed by atoms with Gasteiger partial charge >= 0.3 is 11.9 Å². The molecule has 1 fully saturated rings. The number of allylic oxidation sites excluding steroid dienone is 1. The molecule has 200 valence electrons. The maximum Gasteiger partial charge on any atom is 0.337 e. The number of benzene rings is 3. The monoisotopic (exact) mass is 530 g/mol. The number of esters is 2. The van der Waals surface area contributed by atoms with Crippen LogP contribution in [0.5, 0.6) is 17.2 Å². The van der Waals surface area contributed by atoms with Crippen molar-refractivity contribution in [2.75, 3.05) is 26.2 Å². The number of rotatable bonds is 7. The van der Waals surface area contributed by atoms with Gasteiger partial charge < -0.3 is 23.8 Å². The number of nitro groups is 1. The number of carbonyl (C=O) groups excluding carboxylic acids is 2. The van der Waals surface area contributed by atoms with Crippen molar-refractivity contribution in [3.63, 3.8) is 0 Å². The molecule has 3 atom stereocenters. The minimum Gasteiger partial charge on any atom is -0.497 e. The van der Waals surface area contributed by atoms with Crippen LogP contribution in [0.25, 0.3) is 5.70 Å². The first-order valence-electron chi connectivity index (χ1n) is 12.1. The molecule has 10 nitrogen and oxygen atoms in total. The SMILES string of the molecule is COc1ccc(C2C=C(c3ccc(C)cc3)N(c3ccc(OC)cc3[N+](=O)[O-])C3C(=O)OC(=O)C23)c(OC)c1. The number of hydrogen-bond donors (Lipinski definition) is 0. The van der Waals surface area contributed by atoms with E-state index in [2.05, 4.69) is 0 Å². The Morgan fingerprint density at radius 1 is 0.872 bits per heavy atom. The lowest BCUT2D eigenvalue weighted by Gasteiger charge is -2.40. The minimum absolute atomic E-state index is 0.134. The fourth-order valence-electron chi connectivity index (χ4n) is 5.21. The molecule has 0 bridgehead atoms. The molecule has 10 heteroatoms. The van der Waals surface area contributed by atoms with Crippen molar-refractivity contribution in [3.05, 3.63) is 93.5 Å². The van der Waals surface area contributed by atoms with Crippen molar-refractivity contribution >= 4 is 29.0 Å². The van der Waals surface area contributed by atoms with Gasteiger partial charge in [0.15, 0.2) is 0 Å². The van der Waals surface area contributed by atoms with Crippen LogP contribution in [-0.4, -0.2) is 44.2 Å². The zero-order valence-electron chi connectivity index (χ0n) is 21.7. The van der Waals surface area contributed by atoms with Crippen LogP contribution in [0, 0.1) is 23.0 Å². The number of nitro benzene ring substituents is 1. The second-order valence-corrected chi connectivity index (χ2v) is 9.24. The molecule has 0 aromatic heterocycles. The molecule has 1 saturated heterocycles. The van der Waals surface area contributed by atoms with Gasteiger partial charge in [-0.1, -0.05) is 42.0 Å². The highest BCUT2D eigenvalue weighted by molar-refractivity contribution is 6.06. The Balaban J connectivity index is 1.80. The van der Waals surface area contributed by atoms with Gasteiger partial charge in [0.1, 0.15) is 29.0 Å². The van der Waals surface area contributed by atoms with Gasteiger partial charge in [-0.05, 0) is 30.7 Å². The molecule has 39 heavy (non-hydrogen) atoms.